The molecule has 27 heavy (non-hydrogen) atoms. The van der Waals surface area contributed by atoms with Crippen molar-refractivity contribution in [3.05, 3.63) is 70.8 Å². The average Bonchev–Trinajstić information content (AvgIpc) is 2.66. The van der Waals surface area contributed by atoms with Crippen LogP contribution >= 0.6 is 11.6 Å². The summed E-state index contributed by atoms with van der Waals surface area (Å²) in [4.78, 5) is 35.5. The number of amides is 1. The molecule has 0 atom stereocenters. The summed E-state index contributed by atoms with van der Waals surface area (Å²) in [6.07, 6.45) is 2.83. The third kappa shape index (κ3) is 6.72. The number of esters is 1. The lowest BCUT2D eigenvalue weighted by atomic mass is 10.1. The molecular weight excluding hydrogens is 366 g/mol. The maximum Gasteiger partial charge on any atom is 0.331 e. The Labute approximate surface area is 163 Å². The Morgan fingerprint density at radius 2 is 1.67 bits per heavy atom. The Bertz CT molecular complexity index is 839. The molecule has 0 bridgehead atoms. The lowest BCUT2D eigenvalue weighted by Crippen LogP contribution is -2.18. The van der Waals surface area contributed by atoms with Crippen molar-refractivity contribution in [2.45, 2.75) is 13.8 Å². The Kier molecular flexibility index (Phi) is 7.32. The van der Waals surface area contributed by atoms with Gasteiger partial charge in [0.05, 0.1) is 0 Å². The van der Waals surface area contributed by atoms with Crippen LogP contribution in [0.1, 0.15) is 29.8 Å². The average molecular weight is 386 g/mol. The molecule has 1 amide bonds. The number of nitrogens with one attached hydrogen (secondary N) is 1. The number of anilines is 1. The quantitative estimate of drug-likeness (QED) is 0.436. The summed E-state index contributed by atoms with van der Waals surface area (Å²) in [7, 11) is 0. The van der Waals surface area contributed by atoms with Crippen LogP contribution < -0.4 is 5.32 Å². The molecule has 0 saturated carbocycles. The van der Waals surface area contributed by atoms with Gasteiger partial charge in [-0.15, -0.1) is 0 Å². The summed E-state index contributed by atoms with van der Waals surface area (Å²) in [5, 5.41) is 3.35. The zero-order valence-electron chi connectivity index (χ0n) is 15.1. The van der Waals surface area contributed by atoms with E-state index in [1.807, 2.05) is 0 Å². The molecule has 2 rings (SSSR count). The van der Waals surface area contributed by atoms with Gasteiger partial charge < -0.3 is 10.1 Å². The molecule has 0 unspecified atom stereocenters. The molecule has 0 radical (unpaired) electrons. The third-order valence-corrected chi connectivity index (χ3v) is 3.88. The molecule has 0 aliphatic rings. The number of ketones is 1. The minimum atomic E-state index is -0.612. The molecule has 2 aromatic rings. The van der Waals surface area contributed by atoms with Crippen LogP contribution in [0.15, 0.2) is 54.6 Å². The van der Waals surface area contributed by atoms with Crippen molar-refractivity contribution in [3.63, 3.8) is 0 Å². The molecule has 2 aromatic carbocycles. The molecule has 5 nitrogen and oxygen atoms in total. The second-order valence-electron chi connectivity index (χ2n) is 6.14. The zero-order chi connectivity index (χ0) is 19.8. The number of carbonyl (C=O) groups excluding carboxylic acids is 3. The van der Waals surface area contributed by atoms with Gasteiger partial charge >= 0.3 is 5.97 Å². The van der Waals surface area contributed by atoms with Gasteiger partial charge in [-0.2, -0.15) is 0 Å². The summed E-state index contributed by atoms with van der Waals surface area (Å²) in [5.41, 5.74) is 1.79. The van der Waals surface area contributed by atoms with Crippen molar-refractivity contribution in [3.8, 4) is 0 Å². The first-order valence-electron chi connectivity index (χ1n) is 8.39. The maximum atomic E-state index is 12.1. The Balaban J connectivity index is 1.85. The Hall–Kier alpha value is -2.92. The highest BCUT2D eigenvalue weighted by molar-refractivity contribution is 6.30. The maximum absolute atomic E-state index is 12.1. The Morgan fingerprint density at radius 3 is 2.26 bits per heavy atom. The molecule has 0 aliphatic carbocycles. The van der Waals surface area contributed by atoms with Gasteiger partial charge in [0.15, 0.2) is 12.4 Å². The highest BCUT2D eigenvalue weighted by Gasteiger charge is 2.10. The number of hydrogen-bond acceptors (Lipinski definition) is 4. The largest absolute Gasteiger partial charge is 0.454 e. The minimum absolute atomic E-state index is 0.101. The third-order valence-electron chi connectivity index (χ3n) is 3.63. The molecule has 0 fully saturated rings. The first-order chi connectivity index (χ1) is 12.8. The van der Waals surface area contributed by atoms with Crippen LogP contribution in [0.2, 0.25) is 5.02 Å². The van der Waals surface area contributed by atoms with Crippen LogP contribution in [0.25, 0.3) is 6.08 Å². The number of Topliss-reactive ketones (excluding diaryl/α,β-unsaturated/α-hetero) is 1. The Morgan fingerprint density at radius 1 is 1.04 bits per heavy atom. The predicted molar refractivity (Wildman–Crippen MR) is 106 cm³/mol. The number of halogens is 1. The van der Waals surface area contributed by atoms with Crippen molar-refractivity contribution < 1.29 is 19.1 Å². The van der Waals surface area contributed by atoms with Gasteiger partial charge in [-0.05, 0) is 48.0 Å². The van der Waals surface area contributed by atoms with Gasteiger partial charge in [0.1, 0.15) is 0 Å². The molecular formula is C21H20ClNO4. The summed E-state index contributed by atoms with van der Waals surface area (Å²) < 4.78 is 4.96. The lowest BCUT2D eigenvalue weighted by molar-refractivity contribution is -0.136. The van der Waals surface area contributed by atoms with Crippen LogP contribution in [-0.2, 0) is 14.3 Å². The molecule has 0 saturated heterocycles. The normalized spacial score (nSPS) is 10.8. The standard InChI is InChI=1S/C21H20ClNO4/c1-14(2)21(26)23-18-10-6-16(7-11-18)19(24)13-27-20(25)12-5-15-3-8-17(22)9-4-15/h3-12,14H,13H2,1-2H3,(H,23,26)/b12-5+. The summed E-state index contributed by atoms with van der Waals surface area (Å²) in [6, 6.07) is 13.4. The van der Waals surface area contributed by atoms with Crippen molar-refractivity contribution in [1.82, 2.24) is 0 Å². The van der Waals surface area contributed by atoms with Crippen LogP contribution in [-0.4, -0.2) is 24.3 Å². The minimum Gasteiger partial charge on any atom is -0.454 e. The van der Waals surface area contributed by atoms with Crippen molar-refractivity contribution in [1.29, 1.82) is 0 Å². The van der Waals surface area contributed by atoms with Gasteiger partial charge in [0.25, 0.3) is 0 Å². The van der Waals surface area contributed by atoms with Gasteiger partial charge in [-0.3, -0.25) is 9.59 Å². The highest BCUT2D eigenvalue weighted by Crippen LogP contribution is 2.12. The van der Waals surface area contributed by atoms with E-state index >= 15 is 0 Å². The summed E-state index contributed by atoms with van der Waals surface area (Å²) in [6.45, 7) is 3.23. The van der Waals surface area contributed by atoms with Gasteiger partial charge in [0.2, 0.25) is 5.91 Å². The van der Waals surface area contributed by atoms with E-state index < -0.39 is 5.97 Å². The van der Waals surface area contributed by atoms with E-state index in [0.717, 1.165) is 5.56 Å². The van der Waals surface area contributed by atoms with Crippen LogP contribution in [0.5, 0.6) is 0 Å². The first-order valence-corrected chi connectivity index (χ1v) is 8.77. The zero-order valence-corrected chi connectivity index (χ0v) is 15.8. The fraction of sp³-hybridized carbons (Fsp3) is 0.190. The molecule has 0 spiro atoms. The monoisotopic (exact) mass is 385 g/mol. The smallest absolute Gasteiger partial charge is 0.331 e. The fourth-order valence-electron chi connectivity index (χ4n) is 2.03. The van der Waals surface area contributed by atoms with Crippen molar-refractivity contribution >= 4 is 41.0 Å². The SMILES string of the molecule is CC(C)C(=O)Nc1ccc(C(=O)COC(=O)/C=C/c2ccc(Cl)cc2)cc1. The van der Waals surface area contributed by atoms with E-state index in [1.54, 1.807) is 68.5 Å². The van der Waals surface area contributed by atoms with E-state index in [-0.39, 0.29) is 24.2 Å². The van der Waals surface area contributed by atoms with E-state index in [0.29, 0.717) is 16.3 Å². The van der Waals surface area contributed by atoms with E-state index in [1.165, 1.54) is 6.08 Å². The van der Waals surface area contributed by atoms with Crippen LogP contribution in [0.3, 0.4) is 0 Å². The fourth-order valence-corrected chi connectivity index (χ4v) is 2.16. The van der Waals surface area contributed by atoms with Gasteiger partial charge in [0, 0.05) is 28.3 Å². The number of ether oxygens (including phenoxy) is 1. The second-order valence-corrected chi connectivity index (χ2v) is 6.57. The summed E-state index contributed by atoms with van der Waals surface area (Å²) >= 11 is 5.79. The number of hydrogen-bond donors (Lipinski definition) is 1. The number of carbonyl (C=O) groups is 3. The number of benzene rings is 2. The molecule has 0 aromatic heterocycles. The van der Waals surface area contributed by atoms with E-state index in [2.05, 4.69) is 5.32 Å². The van der Waals surface area contributed by atoms with Crippen molar-refractivity contribution in [2.24, 2.45) is 5.92 Å². The van der Waals surface area contributed by atoms with E-state index in [9.17, 15) is 14.4 Å². The molecule has 1 N–H and O–H groups in total. The van der Waals surface area contributed by atoms with Crippen molar-refractivity contribution in [2.75, 3.05) is 11.9 Å². The topological polar surface area (TPSA) is 72.5 Å². The highest BCUT2D eigenvalue weighted by atomic mass is 35.5. The molecule has 0 aliphatic heterocycles. The first kappa shape index (κ1) is 20.4. The molecule has 6 heteroatoms. The van der Waals surface area contributed by atoms with Crippen LogP contribution in [0.4, 0.5) is 5.69 Å². The lowest BCUT2D eigenvalue weighted by Gasteiger charge is -2.08. The molecule has 0 heterocycles. The predicted octanol–water partition coefficient (Wildman–Crippen LogP) is 4.37. The number of rotatable bonds is 7. The van der Waals surface area contributed by atoms with Gasteiger partial charge in [-0.1, -0.05) is 37.6 Å². The second kappa shape index (κ2) is 9.69. The van der Waals surface area contributed by atoms with E-state index in [4.69, 9.17) is 16.3 Å². The summed E-state index contributed by atoms with van der Waals surface area (Å²) in [5.74, 6) is -1.17. The van der Waals surface area contributed by atoms with Gasteiger partial charge in [-0.25, -0.2) is 4.79 Å². The molecule has 140 valence electrons. The van der Waals surface area contributed by atoms with Crippen LogP contribution in [0, 0.1) is 5.92 Å².